The van der Waals surface area contributed by atoms with Gasteiger partial charge in [-0.2, -0.15) is 0 Å². The van der Waals surface area contributed by atoms with Crippen molar-refractivity contribution < 1.29 is 39.2 Å². The number of halogens is 1. The summed E-state index contributed by atoms with van der Waals surface area (Å²) in [6.07, 6.45) is -2.53. The molecule has 0 saturated heterocycles. The van der Waals surface area contributed by atoms with Gasteiger partial charge in [0.2, 0.25) is 11.6 Å². The van der Waals surface area contributed by atoms with Gasteiger partial charge in [-0.15, -0.1) is 0 Å². The summed E-state index contributed by atoms with van der Waals surface area (Å²) in [5.41, 5.74) is 1.15. The van der Waals surface area contributed by atoms with E-state index in [-0.39, 0.29) is 29.7 Å². The van der Waals surface area contributed by atoms with E-state index < -0.39 is 58.2 Å². The zero-order chi connectivity index (χ0) is 20.5. The molecule has 1 amide bonds. The molecule has 0 bridgehead atoms. The number of fused-ring (bicyclic) bond motifs is 3. The van der Waals surface area contributed by atoms with Crippen LogP contribution in [0.3, 0.4) is 0 Å². The third kappa shape index (κ3) is 2.04. The molecule has 28 heavy (non-hydrogen) atoms. The number of ketones is 2. The van der Waals surface area contributed by atoms with Crippen LogP contribution < -0.4 is 5.73 Å². The zero-order valence-corrected chi connectivity index (χ0v) is 14.3. The van der Waals surface area contributed by atoms with Crippen LogP contribution in [-0.2, 0) is 20.8 Å². The lowest BCUT2D eigenvalue weighted by Gasteiger charge is -2.47. The van der Waals surface area contributed by atoms with Gasteiger partial charge in [-0.05, 0) is 30.4 Å². The minimum atomic E-state index is -2.92. The Morgan fingerprint density at radius 3 is 2.54 bits per heavy atom. The van der Waals surface area contributed by atoms with Crippen molar-refractivity contribution in [2.24, 2.45) is 17.6 Å². The van der Waals surface area contributed by atoms with Gasteiger partial charge in [-0.1, -0.05) is 12.1 Å². The Hall–Kier alpha value is -3.20. The fourth-order valence-electron chi connectivity index (χ4n) is 4.55. The Labute approximate surface area is 157 Å². The molecule has 0 heterocycles. The average Bonchev–Trinajstić information content (AvgIpc) is 2.62. The molecule has 1 fully saturated rings. The lowest BCUT2D eigenvalue weighted by atomic mass is 9.58. The second kappa shape index (κ2) is 5.65. The first-order valence-electron chi connectivity index (χ1n) is 8.54. The first kappa shape index (κ1) is 18.2. The summed E-state index contributed by atoms with van der Waals surface area (Å²) in [7, 11) is 0. The molecule has 4 unspecified atom stereocenters. The van der Waals surface area contributed by atoms with E-state index in [1.807, 2.05) is 0 Å². The highest BCUT2D eigenvalue weighted by atomic mass is 19.1. The third-order valence-electron chi connectivity index (χ3n) is 5.86. The second-order valence-corrected chi connectivity index (χ2v) is 7.27. The van der Waals surface area contributed by atoms with E-state index >= 15 is 0 Å². The number of alkyl halides is 1. The monoisotopic (exact) mass is 389 g/mol. The number of phenolic OH excluding ortho intramolecular Hbond substituents is 1. The number of hydrogen-bond donors (Lipinski definition) is 5. The maximum atomic E-state index is 14.8. The van der Waals surface area contributed by atoms with Crippen LogP contribution in [0.4, 0.5) is 4.39 Å². The number of benzene rings is 1. The van der Waals surface area contributed by atoms with Crippen molar-refractivity contribution in [3.8, 4) is 5.75 Å². The van der Waals surface area contributed by atoms with Crippen LogP contribution in [0.5, 0.6) is 5.75 Å². The summed E-state index contributed by atoms with van der Waals surface area (Å²) >= 11 is 0. The Morgan fingerprint density at radius 2 is 1.89 bits per heavy atom. The number of rotatable bonds is 1. The standard InChI is InChI=1S/C19H16FNO7/c20-13-8-5-7-4-6-2-1-3-9(22)10(6)14(23)11(7)16(25)19(8,28)17(26)12(15(13)24)18(21)27/h1-3,7-8,13,22-23,26,28H,4-5H2,(H2,21,27). The topological polar surface area (TPSA) is 158 Å². The van der Waals surface area contributed by atoms with Gasteiger partial charge >= 0.3 is 0 Å². The van der Waals surface area contributed by atoms with Crippen LogP contribution in [0.2, 0.25) is 0 Å². The molecule has 0 radical (unpaired) electrons. The van der Waals surface area contributed by atoms with E-state index in [9.17, 15) is 39.2 Å². The van der Waals surface area contributed by atoms with Crippen LogP contribution in [0, 0.1) is 11.8 Å². The maximum absolute atomic E-state index is 14.8. The molecular weight excluding hydrogens is 373 g/mol. The normalized spacial score (nSPS) is 32.0. The Kier molecular flexibility index (Phi) is 3.67. The molecule has 3 aliphatic rings. The van der Waals surface area contributed by atoms with Crippen molar-refractivity contribution in [1.29, 1.82) is 0 Å². The first-order chi connectivity index (χ1) is 13.1. The number of carbonyl (C=O) groups excluding carboxylic acids is 3. The van der Waals surface area contributed by atoms with Gasteiger partial charge < -0.3 is 26.2 Å². The summed E-state index contributed by atoms with van der Waals surface area (Å²) in [5.74, 6) is -8.68. The number of Topliss-reactive ketones (excluding diaryl/α,β-unsaturated/α-hetero) is 2. The number of aromatic hydroxyl groups is 1. The van der Waals surface area contributed by atoms with Gasteiger partial charge in [0.15, 0.2) is 11.8 Å². The van der Waals surface area contributed by atoms with E-state index in [1.54, 1.807) is 12.1 Å². The Morgan fingerprint density at radius 1 is 1.21 bits per heavy atom. The molecule has 146 valence electrons. The van der Waals surface area contributed by atoms with Crippen molar-refractivity contribution in [3.05, 3.63) is 46.2 Å². The number of amides is 1. The smallest absolute Gasteiger partial charge is 0.256 e. The lowest BCUT2D eigenvalue weighted by Crippen LogP contribution is -2.62. The molecule has 3 aliphatic carbocycles. The number of aliphatic hydroxyl groups excluding tert-OH is 2. The number of aliphatic hydroxyl groups is 3. The number of nitrogens with two attached hydrogens (primary N) is 1. The van der Waals surface area contributed by atoms with Crippen molar-refractivity contribution in [2.75, 3.05) is 0 Å². The molecule has 0 spiro atoms. The number of carbonyl (C=O) groups is 3. The van der Waals surface area contributed by atoms with Crippen molar-refractivity contribution >= 4 is 23.2 Å². The number of hydrogen-bond acceptors (Lipinski definition) is 7. The predicted molar refractivity (Wildman–Crippen MR) is 91.7 cm³/mol. The van der Waals surface area contributed by atoms with Crippen molar-refractivity contribution in [3.63, 3.8) is 0 Å². The van der Waals surface area contributed by atoms with Gasteiger partial charge in [0.25, 0.3) is 5.91 Å². The van der Waals surface area contributed by atoms with Gasteiger partial charge in [0.1, 0.15) is 22.8 Å². The van der Waals surface area contributed by atoms with Crippen LogP contribution >= 0.6 is 0 Å². The van der Waals surface area contributed by atoms with E-state index in [1.165, 1.54) is 6.07 Å². The van der Waals surface area contributed by atoms with E-state index in [0.29, 0.717) is 5.56 Å². The molecule has 4 atom stereocenters. The van der Waals surface area contributed by atoms with Gasteiger partial charge in [0, 0.05) is 11.5 Å². The summed E-state index contributed by atoms with van der Waals surface area (Å²) in [6, 6.07) is 4.47. The fraction of sp³-hybridized carbons (Fsp3) is 0.316. The van der Waals surface area contributed by atoms with Gasteiger partial charge in [-0.3, -0.25) is 14.4 Å². The Bertz CT molecular complexity index is 1030. The maximum Gasteiger partial charge on any atom is 0.256 e. The van der Waals surface area contributed by atoms with Crippen molar-refractivity contribution in [1.82, 2.24) is 0 Å². The van der Waals surface area contributed by atoms with Gasteiger partial charge in [0.05, 0.1) is 5.56 Å². The molecule has 1 aromatic carbocycles. The summed E-state index contributed by atoms with van der Waals surface area (Å²) in [4.78, 5) is 36.7. The van der Waals surface area contributed by atoms with Crippen molar-refractivity contribution in [2.45, 2.75) is 24.6 Å². The van der Waals surface area contributed by atoms with Crippen LogP contribution in [0.15, 0.2) is 35.1 Å². The van der Waals surface area contributed by atoms with Crippen LogP contribution in [0.1, 0.15) is 17.5 Å². The SMILES string of the molecule is NC(=O)C1=C(O)C2(O)C(=O)C3=C(O)c4c(O)cccc4CC3CC2C(F)C1=O. The zero-order valence-electron chi connectivity index (χ0n) is 14.3. The molecule has 8 nitrogen and oxygen atoms in total. The highest BCUT2D eigenvalue weighted by Crippen LogP contribution is 2.52. The average molecular weight is 389 g/mol. The first-order valence-corrected chi connectivity index (χ1v) is 8.54. The Balaban J connectivity index is 1.96. The third-order valence-corrected chi connectivity index (χ3v) is 5.86. The minimum Gasteiger partial charge on any atom is -0.508 e. The van der Waals surface area contributed by atoms with Crippen LogP contribution in [-0.4, -0.2) is 49.7 Å². The molecule has 1 aromatic rings. The van der Waals surface area contributed by atoms with E-state index in [2.05, 4.69) is 0 Å². The van der Waals surface area contributed by atoms with E-state index in [0.717, 1.165) is 0 Å². The predicted octanol–water partition coefficient (Wildman–Crippen LogP) is 0.372. The van der Waals surface area contributed by atoms with Crippen LogP contribution in [0.25, 0.3) is 5.76 Å². The number of primary amides is 1. The summed E-state index contributed by atoms with van der Waals surface area (Å²) < 4.78 is 14.8. The molecule has 0 aromatic heterocycles. The fourth-order valence-corrected chi connectivity index (χ4v) is 4.55. The molecule has 6 N–H and O–H groups in total. The second-order valence-electron chi connectivity index (χ2n) is 7.27. The molecule has 9 heteroatoms. The lowest BCUT2D eigenvalue weighted by molar-refractivity contribution is -0.154. The molecular formula is C19H16FNO7. The molecule has 4 rings (SSSR count). The summed E-state index contributed by atoms with van der Waals surface area (Å²) in [5, 5.41) is 42.0. The molecule has 0 aliphatic heterocycles. The highest BCUT2D eigenvalue weighted by molar-refractivity contribution is 6.24. The quantitative estimate of drug-likeness (QED) is 0.434. The number of phenols is 1. The highest BCUT2D eigenvalue weighted by Gasteiger charge is 2.64. The molecule has 1 saturated carbocycles. The largest absolute Gasteiger partial charge is 0.508 e. The van der Waals surface area contributed by atoms with E-state index in [4.69, 9.17) is 5.73 Å². The minimum absolute atomic E-state index is 0.00595. The van der Waals surface area contributed by atoms with Gasteiger partial charge in [-0.25, -0.2) is 4.39 Å². The summed E-state index contributed by atoms with van der Waals surface area (Å²) in [6.45, 7) is 0.